The second-order valence-corrected chi connectivity index (χ2v) is 9.47. The van der Waals surface area contributed by atoms with Gasteiger partial charge in [-0.25, -0.2) is 0 Å². The SMILES string of the molecule is CCCCCCCCCCCCC1=[N+](CCCCCCCCCCCC)CCN1. The topological polar surface area (TPSA) is 15.0 Å². The Labute approximate surface area is 184 Å². The molecule has 0 aromatic heterocycles. The van der Waals surface area contributed by atoms with Crippen molar-refractivity contribution < 1.29 is 4.58 Å². The Morgan fingerprint density at radius 3 is 1.45 bits per heavy atom. The van der Waals surface area contributed by atoms with Gasteiger partial charge in [-0.15, -0.1) is 0 Å². The minimum atomic E-state index is 1.17. The molecule has 2 nitrogen and oxygen atoms in total. The van der Waals surface area contributed by atoms with Crippen LogP contribution in [0.4, 0.5) is 0 Å². The van der Waals surface area contributed by atoms with E-state index in [1.165, 1.54) is 154 Å². The first-order valence-corrected chi connectivity index (χ1v) is 13.7. The Morgan fingerprint density at radius 2 is 0.966 bits per heavy atom. The number of nitrogens with zero attached hydrogens (tertiary/aromatic N) is 1. The molecule has 172 valence electrons. The van der Waals surface area contributed by atoms with E-state index in [0.717, 1.165) is 0 Å². The van der Waals surface area contributed by atoms with Gasteiger partial charge in [0.1, 0.15) is 13.1 Å². The molecule has 0 fully saturated rings. The van der Waals surface area contributed by atoms with E-state index in [1.54, 1.807) is 5.84 Å². The molecule has 0 saturated heterocycles. The highest BCUT2D eigenvalue weighted by Crippen LogP contribution is 2.13. The Balaban J connectivity index is 1.93. The highest BCUT2D eigenvalue weighted by Gasteiger charge is 2.19. The number of hydrogen-bond donors (Lipinski definition) is 1. The molecule has 0 amide bonds. The molecule has 1 heterocycles. The third kappa shape index (κ3) is 15.9. The van der Waals surface area contributed by atoms with Crippen molar-refractivity contribution in [2.45, 2.75) is 149 Å². The molecule has 0 aromatic rings. The van der Waals surface area contributed by atoms with Gasteiger partial charge >= 0.3 is 0 Å². The van der Waals surface area contributed by atoms with Crippen LogP contribution in [0.15, 0.2) is 0 Å². The average molecular weight is 408 g/mol. The van der Waals surface area contributed by atoms with E-state index in [1.807, 2.05) is 0 Å². The fraction of sp³-hybridized carbons (Fsp3) is 0.963. The van der Waals surface area contributed by atoms with Crippen LogP contribution >= 0.6 is 0 Å². The van der Waals surface area contributed by atoms with E-state index in [0.29, 0.717) is 0 Å². The fourth-order valence-corrected chi connectivity index (χ4v) is 4.65. The molecular weight excluding hydrogens is 352 g/mol. The van der Waals surface area contributed by atoms with E-state index < -0.39 is 0 Å². The predicted octanol–water partition coefficient (Wildman–Crippen LogP) is 8.23. The lowest BCUT2D eigenvalue weighted by Crippen LogP contribution is -2.23. The van der Waals surface area contributed by atoms with Crippen LogP contribution in [0.1, 0.15) is 149 Å². The molecule has 29 heavy (non-hydrogen) atoms. The fourth-order valence-electron chi connectivity index (χ4n) is 4.65. The second-order valence-electron chi connectivity index (χ2n) is 9.47. The lowest BCUT2D eigenvalue weighted by atomic mass is 10.1. The first-order chi connectivity index (χ1) is 14.4. The van der Waals surface area contributed by atoms with Gasteiger partial charge in [0.25, 0.3) is 0 Å². The molecule has 2 heteroatoms. The molecule has 1 rings (SSSR count). The first kappa shape index (κ1) is 26.5. The number of nitrogens with one attached hydrogen (secondary N) is 1. The maximum Gasteiger partial charge on any atom is 0.244 e. The Bertz CT molecular complexity index is 341. The zero-order valence-corrected chi connectivity index (χ0v) is 20.4. The van der Waals surface area contributed by atoms with Gasteiger partial charge in [-0.2, -0.15) is 0 Å². The van der Waals surface area contributed by atoms with Gasteiger partial charge in [0.05, 0.1) is 6.54 Å². The highest BCUT2D eigenvalue weighted by atomic mass is 15.2. The van der Waals surface area contributed by atoms with Crippen molar-refractivity contribution in [1.29, 1.82) is 0 Å². The van der Waals surface area contributed by atoms with Crippen LogP contribution in [0, 0.1) is 0 Å². The van der Waals surface area contributed by atoms with E-state index in [9.17, 15) is 0 Å². The summed E-state index contributed by atoms with van der Waals surface area (Å²) < 4.78 is 2.65. The third-order valence-corrected chi connectivity index (χ3v) is 6.64. The monoisotopic (exact) mass is 407 g/mol. The molecule has 0 aliphatic carbocycles. The van der Waals surface area contributed by atoms with Gasteiger partial charge < -0.3 is 0 Å². The molecule has 0 unspecified atom stereocenters. The van der Waals surface area contributed by atoms with Crippen LogP contribution in [-0.4, -0.2) is 30.0 Å². The van der Waals surface area contributed by atoms with Crippen LogP contribution in [0.5, 0.6) is 0 Å². The standard InChI is InChI=1S/C27H54N2/c1-3-5-7-9-11-13-15-17-19-21-23-27-28-24-26-29(27)25-22-20-18-16-14-12-10-8-6-4-2/h3-26H2,1-2H3/p+1. The zero-order valence-electron chi connectivity index (χ0n) is 20.4. The van der Waals surface area contributed by atoms with Crippen molar-refractivity contribution >= 4 is 5.84 Å². The average Bonchev–Trinajstić information content (AvgIpc) is 3.18. The summed E-state index contributed by atoms with van der Waals surface area (Å²) in [6, 6.07) is 0. The van der Waals surface area contributed by atoms with E-state index in [-0.39, 0.29) is 0 Å². The van der Waals surface area contributed by atoms with Crippen molar-refractivity contribution in [2.24, 2.45) is 0 Å². The number of rotatable bonds is 22. The Hall–Kier alpha value is -0.530. The molecule has 0 atom stereocenters. The summed E-state index contributed by atoms with van der Waals surface area (Å²) >= 11 is 0. The van der Waals surface area contributed by atoms with E-state index >= 15 is 0 Å². The number of hydrogen-bond acceptors (Lipinski definition) is 1. The lowest BCUT2D eigenvalue weighted by Gasteiger charge is -2.06. The van der Waals surface area contributed by atoms with Gasteiger partial charge in [-0.1, -0.05) is 123 Å². The van der Waals surface area contributed by atoms with Gasteiger partial charge in [0, 0.05) is 6.42 Å². The summed E-state index contributed by atoms with van der Waals surface area (Å²) in [7, 11) is 0. The third-order valence-electron chi connectivity index (χ3n) is 6.64. The molecule has 1 aliphatic rings. The summed E-state index contributed by atoms with van der Waals surface area (Å²) in [6.07, 6.45) is 30.0. The largest absolute Gasteiger partial charge is 0.274 e. The minimum absolute atomic E-state index is 1.17. The zero-order chi connectivity index (χ0) is 20.8. The van der Waals surface area contributed by atoms with Crippen LogP contribution in [0.2, 0.25) is 0 Å². The van der Waals surface area contributed by atoms with Gasteiger partial charge in [0.15, 0.2) is 0 Å². The minimum Gasteiger partial charge on any atom is -0.274 e. The van der Waals surface area contributed by atoms with Gasteiger partial charge in [-0.3, -0.25) is 9.89 Å². The quantitative estimate of drug-likeness (QED) is 0.141. The second kappa shape index (κ2) is 20.7. The van der Waals surface area contributed by atoms with Crippen molar-refractivity contribution in [1.82, 2.24) is 5.32 Å². The smallest absolute Gasteiger partial charge is 0.244 e. The summed E-state index contributed by atoms with van der Waals surface area (Å²) in [6.45, 7) is 8.30. The maximum atomic E-state index is 3.67. The number of amidine groups is 1. The lowest BCUT2D eigenvalue weighted by molar-refractivity contribution is -0.519. The van der Waals surface area contributed by atoms with Crippen molar-refractivity contribution in [3.05, 3.63) is 0 Å². The van der Waals surface area contributed by atoms with E-state index in [4.69, 9.17) is 0 Å². The summed E-state index contributed by atoms with van der Waals surface area (Å²) in [5, 5.41) is 3.67. The molecule has 0 aromatic carbocycles. The molecule has 1 N–H and O–H groups in total. The van der Waals surface area contributed by atoms with Gasteiger partial charge in [0.2, 0.25) is 5.84 Å². The van der Waals surface area contributed by atoms with Crippen LogP contribution in [-0.2, 0) is 0 Å². The van der Waals surface area contributed by atoms with Crippen LogP contribution < -0.4 is 5.32 Å². The number of unbranched alkanes of at least 4 members (excludes halogenated alkanes) is 18. The van der Waals surface area contributed by atoms with Crippen LogP contribution in [0.3, 0.4) is 0 Å². The molecule has 0 radical (unpaired) electrons. The molecule has 0 bridgehead atoms. The first-order valence-electron chi connectivity index (χ1n) is 13.7. The normalized spacial score (nSPS) is 14.0. The molecule has 0 spiro atoms. The summed E-state index contributed by atoms with van der Waals surface area (Å²) in [4.78, 5) is 0. The molecule has 1 aliphatic heterocycles. The van der Waals surface area contributed by atoms with Crippen molar-refractivity contribution in [2.75, 3.05) is 19.6 Å². The van der Waals surface area contributed by atoms with Gasteiger partial charge in [-0.05, 0) is 19.3 Å². The van der Waals surface area contributed by atoms with E-state index in [2.05, 4.69) is 23.7 Å². The summed E-state index contributed by atoms with van der Waals surface area (Å²) in [5.74, 6) is 1.56. The molecule has 0 saturated carbocycles. The van der Waals surface area contributed by atoms with Crippen molar-refractivity contribution in [3.8, 4) is 0 Å². The van der Waals surface area contributed by atoms with Crippen molar-refractivity contribution in [3.63, 3.8) is 0 Å². The van der Waals surface area contributed by atoms with Crippen LogP contribution in [0.25, 0.3) is 0 Å². The maximum absolute atomic E-state index is 3.67. The Kier molecular flexibility index (Phi) is 18.9. The summed E-state index contributed by atoms with van der Waals surface area (Å²) in [5.41, 5.74) is 0. The predicted molar refractivity (Wildman–Crippen MR) is 131 cm³/mol. The highest BCUT2D eigenvalue weighted by molar-refractivity contribution is 5.78. The molecular formula is C27H55N2+. The Morgan fingerprint density at radius 1 is 0.552 bits per heavy atom.